The summed E-state index contributed by atoms with van der Waals surface area (Å²) in [6, 6.07) is 2.05. The van der Waals surface area contributed by atoms with E-state index in [1.54, 1.807) is 0 Å². The third kappa shape index (κ3) is 2.59. The van der Waals surface area contributed by atoms with Gasteiger partial charge in [0.2, 0.25) is 0 Å². The molecule has 1 N–H and O–H groups in total. The summed E-state index contributed by atoms with van der Waals surface area (Å²) in [6.45, 7) is 2.28. The van der Waals surface area contributed by atoms with Crippen LogP contribution < -0.4 is 0 Å². The summed E-state index contributed by atoms with van der Waals surface area (Å²) >= 11 is 0. The van der Waals surface area contributed by atoms with E-state index in [4.69, 9.17) is 0 Å². The van der Waals surface area contributed by atoms with E-state index in [0.717, 1.165) is 30.9 Å². The van der Waals surface area contributed by atoms with Crippen molar-refractivity contribution >= 4 is 0 Å². The Morgan fingerprint density at radius 1 is 1.53 bits per heavy atom. The molecule has 1 aliphatic rings. The van der Waals surface area contributed by atoms with Crippen LogP contribution in [0.1, 0.15) is 31.9 Å². The van der Waals surface area contributed by atoms with E-state index in [-0.39, 0.29) is 6.10 Å². The number of hydrogen-bond acceptors (Lipinski definition) is 2. The van der Waals surface area contributed by atoms with Crippen molar-refractivity contribution in [3.8, 4) is 0 Å². The van der Waals surface area contributed by atoms with Gasteiger partial charge in [-0.2, -0.15) is 5.10 Å². The minimum absolute atomic E-state index is 0.122. The van der Waals surface area contributed by atoms with Crippen LogP contribution in [0.2, 0.25) is 0 Å². The smallest absolute Gasteiger partial charge is 0.0628 e. The average molecular weight is 208 g/mol. The van der Waals surface area contributed by atoms with Crippen LogP contribution >= 0.6 is 0 Å². The molecular weight excluding hydrogens is 188 g/mol. The van der Waals surface area contributed by atoms with Crippen LogP contribution in [0.5, 0.6) is 0 Å². The molecule has 84 valence electrons. The van der Waals surface area contributed by atoms with E-state index in [9.17, 15) is 5.11 Å². The summed E-state index contributed by atoms with van der Waals surface area (Å²) in [5.41, 5.74) is 1.11. The number of nitrogens with zero attached hydrogens (tertiary/aromatic N) is 2. The van der Waals surface area contributed by atoms with Gasteiger partial charge in [-0.15, -0.1) is 0 Å². The van der Waals surface area contributed by atoms with Crippen molar-refractivity contribution in [1.82, 2.24) is 9.78 Å². The maximum absolute atomic E-state index is 9.92. The predicted molar refractivity (Wildman–Crippen MR) is 59.4 cm³/mol. The van der Waals surface area contributed by atoms with Gasteiger partial charge < -0.3 is 5.11 Å². The fourth-order valence-electron chi connectivity index (χ4n) is 2.54. The number of aliphatic hydroxyl groups is 1. The largest absolute Gasteiger partial charge is 0.393 e. The SMILES string of the molecule is CC1CCC(O)C(Cc2ccn(C)n2)C1. The molecule has 1 aromatic heterocycles. The van der Waals surface area contributed by atoms with Gasteiger partial charge in [-0.05, 0) is 43.6 Å². The summed E-state index contributed by atoms with van der Waals surface area (Å²) in [5, 5.41) is 14.3. The first-order valence-corrected chi connectivity index (χ1v) is 5.81. The molecule has 15 heavy (non-hydrogen) atoms. The van der Waals surface area contributed by atoms with Gasteiger partial charge in [-0.1, -0.05) is 6.92 Å². The van der Waals surface area contributed by atoms with Gasteiger partial charge >= 0.3 is 0 Å². The van der Waals surface area contributed by atoms with Gasteiger partial charge in [0.1, 0.15) is 0 Å². The number of hydrogen-bond donors (Lipinski definition) is 1. The fourth-order valence-corrected chi connectivity index (χ4v) is 2.54. The zero-order valence-electron chi connectivity index (χ0n) is 9.56. The Hall–Kier alpha value is -0.830. The molecule has 3 heteroatoms. The van der Waals surface area contributed by atoms with Crippen LogP contribution in [0.4, 0.5) is 0 Å². The van der Waals surface area contributed by atoms with Crippen molar-refractivity contribution < 1.29 is 5.11 Å². The number of aromatic nitrogens is 2. The average Bonchev–Trinajstić information content (AvgIpc) is 2.58. The van der Waals surface area contributed by atoms with Gasteiger partial charge in [-0.3, -0.25) is 4.68 Å². The van der Waals surface area contributed by atoms with Gasteiger partial charge in [0, 0.05) is 13.2 Å². The minimum atomic E-state index is -0.122. The molecule has 0 radical (unpaired) electrons. The monoisotopic (exact) mass is 208 g/mol. The molecule has 0 bridgehead atoms. The molecular formula is C12H20N2O. The molecule has 0 aliphatic heterocycles. The van der Waals surface area contributed by atoms with Crippen LogP contribution in [0.15, 0.2) is 12.3 Å². The normalized spacial score (nSPS) is 31.8. The van der Waals surface area contributed by atoms with Crippen molar-refractivity contribution in [3.05, 3.63) is 18.0 Å². The second-order valence-electron chi connectivity index (χ2n) is 4.93. The molecule has 1 fully saturated rings. The lowest BCUT2D eigenvalue weighted by molar-refractivity contribution is 0.0514. The van der Waals surface area contributed by atoms with Crippen molar-refractivity contribution in [3.63, 3.8) is 0 Å². The van der Waals surface area contributed by atoms with E-state index >= 15 is 0 Å². The van der Waals surface area contributed by atoms with Crippen LogP contribution in [0, 0.1) is 11.8 Å². The highest BCUT2D eigenvalue weighted by Gasteiger charge is 2.27. The number of rotatable bonds is 2. The lowest BCUT2D eigenvalue weighted by Crippen LogP contribution is -2.29. The molecule has 1 aliphatic carbocycles. The van der Waals surface area contributed by atoms with Crippen molar-refractivity contribution in [2.45, 2.75) is 38.7 Å². The first-order chi connectivity index (χ1) is 7.15. The Morgan fingerprint density at radius 3 is 3.00 bits per heavy atom. The van der Waals surface area contributed by atoms with E-state index in [0.29, 0.717) is 5.92 Å². The second-order valence-corrected chi connectivity index (χ2v) is 4.93. The third-order valence-corrected chi connectivity index (χ3v) is 3.44. The maximum Gasteiger partial charge on any atom is 0.0628 e. The van der Waals surface area contributed by atoms with Crippen molar-refractivity contribution in [1.29, 1.82) is 0 Å². The first-order valence-electron chi connectivity index (χ1n) is 5.81. The lowest BCUT2D eigenvalue weighted by Gasteiger charge is -2.31. The number of aliphatic hydroxyl groups excluding tert-OH is 1. The van der Waals surface area contributed by atoms with Crippen molar-refractivity contribution in [2.75, 3.05) is 0 Å². The summed E-state index contributed by atoms with van der Waals surface area (Å²) in [4.78, 5) is 0. The lowest BCUT2D eigenvalue weighted by atomic mass is 9.78. The predicted octanol–water partition coefficient (Wildman–Crippen LogP) is 1.76. The van der Waals surface area contributed by atoms with Gasteiger partial charge in [-0.25, -0.2) is 0 Å². The Kier molecular flexibility index (Phi) is 3.10. The fraction of sp³-hybridized carbons (Fsp3) is 0.750. The molecule has 1 aromatic rings. The van der Waals surface area contributed by atoms with Gasteiger partial charge in [0.25, 0.3) is 0 Å². The van der Waals surface area contributed by atoms with E-state index < -0.39 is 0 Å². The van der Waals surface area contributed by atoms with Crippen LogP contribution in [0.25, 0.3) is 0 Å². The summed E-state index contributed by atoms with van der Waals surface area (Å²) < 4.78 is 1.83. The van der Waals surface area contributed by atoms with E-state index in [1.807, 2.05) is 24.0 Å². The standard InChI is InChI=1S/C12H20N2O/c1-9-3-4-12(15)10(7-9)8-11-5-6-14(2)13-11/h5-6,9-10,12,15H,3-4,7-8H2,1-2H3. The van der Waals surface area contributed by atoms with Crippen LogP contribution in [-0.4, -0.2) is 21.0 Å². The molecule has 1 heterocycles. The Labute approximate surface area is 91.1 Å². The topological polar surface area (TPSA) is 38.0 Å². The molecule has 1 saturated carbocycles. The molecule has 0 aromatic carbocycles. The summed E-state index contributed by atoms with van der Waals surface area (Å²) in [7, 11) is 1.93. The van der Waals surface area contributed by atoms with Crippen molar-refractivity contribution in [2.24, 2.45) is 18.9 Å². The highest BCUT2D eigenvalue weighted by molar-refractivity contribution is 5.01. The molecule has 2 rings (SSSR count). The molecule has 0 spiro atoms. The van der Waals surface area contributed by atoms with Crippen LogP contribution in [-0.2, 0) is 13.5 Å². The highest BCUT2D eigenvalue weighted by atomic mass is 16.3. The molecule has 0 saturated heterocycles. The molecule has 3 unspecified atom stereocenters. The Balaban J connectivity index is 1.98. The zero-order chi connectivity index (χ0) is 10.8. The zero-order valence-corrected chi connectivity index (χ0v) is 9.56. The maximum atomic E-state index is 9.92. The highest BCUT2D eigenvalue weighted by Crippen LogP contribution is 2.30. The Bertz CT molecular complexity index is 321. The summed E-state index contributed by atoms with van der Waals surface area (Å²) in [5.74, 6) is 1.16. The minimum Gasteiger partial charge on any atom is -0.393 e. The third-order valence-electron chi connectivity index (χ3n) is 3.44. The van der Waals surface area contributed by atoms with E-state index in [1.165, 1.54) is 6.42 Å². The summed E-state index contributed by atoms with van der Waals surface area (Å²) in [6.07, 6.45) is 6.03. The van der Waals surface area contributed by atoms with Gasteiger partial charge in [0.15, 0.2) is 0 Å². The first kappa shape index (κ1) is 10.7. The van der Waals surface area contributed by atoms with Crippen LogP contribution in [0.3, 0.4) is 0 Å². The molecule has 3 nitrogen and oxygen atoms in total. The second kappa shape index (κ2) is 4.35. The quantitative estimate of drug-likeness (QED) is 0.804. The van der Waals surface area contributed by atoms with E-state index in [2.05, 4.69) is 12.0 Å². The Morgan fingerprint density at radius 2 is 2.33 bits per heavy atom. The number of aryl methyl sites for hydroxylation is 1. The molecule has 3 atom stereocenters. The van der Waals surface area contributed by atoms with Gasteiger partial charge in [0.05, 0.1) is 11.8 Å². The molecule has 0 amide bonds.